The van der Waals surface area contributed by atoms with Crippen LogP contribution in [0.2, 0.25) is 0 Å². The summed E-state index contributed by atoms with van der Waals surface area (Å²) in [6, 6.07) is 10.1. The predicted molar refractivity (Wildman–Crippen MR) is 131 cm³/mol. The van der Waals surface area contributed by atoms with Crippen LogP contribution < -0.4 is 14.8 Å². The lowest BCUT2D eigenvalue weighted by atomic mass is 9.97. The summed E-state index contributed by atoms with van der Waals surface area (Å²) in [5.41, 5.74) is 3.36. The third kappa shape index (κ3) is 6.72. The molecule has 2 N–H and O–H groups in total. The molecule has 2 aromatic rings. The molecule has 2 aromatic carbocycles. The number of rotatable bonds is 13. The van der Waals surface area contributed by atoms with E-state index >= 15 is 0 Å². The second-order valence-corrected chi connectivity index (χ2v) is 8.51. The Morgan fingerprint density at radius 1 is 1.06 bits per heavy atom. The molecule has 3 rings (SSSR count). The highest BCUT2D eigenvalue weighted by Crippen LogP contribution is 2.40. The van der Waals surface area contributed by atoms with Gasteiger partial charge in [-0.3, -0.25) is 9.69 Å². The topological polar surface area (TPSA) is 107 Å². The first-order valence-electron chi connectivity index (χ1n) is 11.5. The smallest absolute Gasteiger partial charge is 0.326 e. The molecule has 1 unspecified atom stereocenters. The highest BCUT2D eigenvalue weighted by Gasteiger charge is 2.33. The number of nitrogens with one attached hydrogen (secondary N) is 1. The van der Waals surface area contributed by atoms with Crippen molar-refractivity contribution < 1.29 is 33.6 Å². The molecule has 190 valence electrons. The van der Waals surface area contributed by atoms with Crippen LogP contribution in [0, 0.1) is 0 Å². The van der Waals surface area contributed by atoms with Crippen LogP contribution in [0.3, 0.4) is 0 Å². The third-order valence-corrected chi connectivity index (χ3v) is 6.15. The second-order valence-electron chi connectivity index (χ2n) is 8.51. The van der Waals surface area contributed by atoms with Crippen LogP contribution in [0.4, 0.5) is 0 Å². The zero-order chi connectivity index (χ0) is 25.4. The van der Waals surface area contributed by atoms with Crippen molar-refractivity contribution in [1.82, 2.24) is 10.2 Å². The van der Waals surface area contributed by atoms with E-state index in [1.165, 1.54) is 0 Å². The number of likely N-dealkylation sites (tertiary alicyclic amines) is 1. The van der Waals surface area contributed by atoms with Crippen molar-refractivity contribution in [2.45, 2.75) is 31.5 Å². The molecule has 1 saturated heterocycles. The number of carbonyl (C=O) groups excluding carboxylic acids is 1. The van der Waals surface area contributed by atoms with Crippen LogP contribution >= 0.6 is 0 Å². The van der Waals surface area contributed by atoms with Gasteiger partial charge in [0.2, 0.25) is 5.91 Å². The van der Waals surface area contributed by atoms with Gasteiger partial charge in [-0.1, -0.05) is 24.3 Å². The third-order valence-electron chi connectivity index (χ3n) is 6.15. The number of carboxylic acids is 1. The highest BCUT2D eigenvalue weighted by atomic mass is 16.5. The van der Waals surface area contributed by atoms with Crippen molar-refractivity contribution in [3.8, 4) is 22.6 Å². The molecule has 0 aliphatic carbocycles. The van der Waals surface area contributed by atoms with Gasteiger partial charge < -0.3 is 29.4 Å². The number of carbonyl (C=O) groups is 2. The Balaban J connectivity index is 1.75. The van der Waals surface area contributed by atoms with Gasteiger partial charge in [0, 0.05) is 20.1 Å². The lowest BCUT2D eigenvalue weighted by Crippen LogP contribution is -2.57. The number of hydrogen-bond donors (Lipinski definition) is 2. The number of benzene rings is 2. The van der Waals surface area contributed by atoms with E-state index in [4.69, 9.17) is 18.9 Å². The molecule has 1 heterocycles. The minimum atomic E-state index is -1.06. The number of aliphatic carboxylic acids is 1. The van der Waals surface area contributed by atoms with Crippen molar-refractivity contribution in [1.29, 1.82) is 0 Å². The van der Waals surface area contributed by atoms with Gasteiger partial charge in [-0.2, -0.15) is 0 Å². The molecule has 1 aliphatic rings. The molecule has 0 saturated carbocycles. The van der Waals surface area contributed by atoms with Crippen molar-refractivity contribution in [2.24, 2.45) is 0 Å². The maximum absolute atomic E-state index is 12.4. The number of likely N-dealkylation sites (N-methyl/N-ethyl adjacent to an activating group) is 1. The largest absolute Gasteiger partial charge is 0.496 e. The monoisotopic (exact) mass is 486 g/mol. The van der Waals surface area contributed by atoms with Gasteiger partial charge in [-0.15, -0.1) is 0 Å². The minimum absolute atomic E-state index is 0.184. The predicted octanol–water partition coefficient (Wildman–Crippen LogP) is 2.35. The SMILES string of the molecule is COCCOCc1cc(OC)c(-c2ccc(CC(NC(=O)[C@@H]3CCN3C)C(=O)O)cc2)c(OC)c1. The van der Waals surface area contributed by atoms with E-state index in [0.717, 1.165) is 35.2 Å². The van der Waals surface area contributed by atoms with Crippen molar-refractivity contribution in [3.63, 3.8) is 0 Å². The maximum atomic E-state index is 12.4. The van der Waals surface area contributed by atoms with E-state index < -0.39 is 12.0 Å². The number of hydrogen-bond acceptors (Lipinski definition) is 7. The summed E-state index contributed by atoms with van der Waals surface area (Å²) in [6.45, 7) is 2.24. The highest BCUT2D eigenvalue weighted by molar-refractivity contribution is 5.87. The van der Waals surface area contributed by atoms with E-state index in [9.17, 15) is 14.7 Å². The first-order chi connectivity index (χ1) is 16.9. The molecule has 35 heavy (non-hydrogen) atoms. The lowest BCUT2D eigenvalue weighted by molar-refractivity contribution is -0.143. The first-order valence-corrected chi connectivity index (χ1v) is 11.5. The lowest BCUT2D eigenvalue weighted by Gasteiger charge is -2.36. The summed E-state index contributed by atoms with van der Waals surface area (Å²) >= 11 is 0. The second kappa shape index (κ2) is 12.5. The van der Waals surface area contributed by atoms with Gasteiger partial charge in [-0.25, -0.2) is 4.79 Å². The van der Waals surface area contributed by atoms with Gasteiger partial charge >= 0.3 is 5.97 Å². The average Bonchev–Trinajstić information content (AvgIpc) is 2.85. The zero-order valence-electron chi connectivity index (χ0n) is 20.7. The zero-order valence-corrected chi connectivity index (χ0v) is 20.7. The molecule has 0 radical (unpaired) electrons. The quantitative estimate of drug-likeness (QED) is 0.416. The number of methoxy groups -OCH3 is 3. The van der Waals surface area contributed by atoms with E-state index in [1.54, 1.807) is 21.3 Å². The summed E-state index contributed by atoms with van der Waals surface area (Å²) in [5, 5.41) is 12.3. The standard InChI is InChI=1S/C26H34N2O7/c1-28-10-9-21(28)25(29)27-20(26(30)31)13-17-5-7-19(8-6-17)24-22(33-3)14-18(15-23(24)34-4)16-35-12-11-32-2/h5-8,14-15,20-21H,9-13,16H2,1-4H3,(H,27,29)(H,30,31)/t20?,21-/m0/s1. The summed E-state index contributed by atoms with van der Waals surface area (Å²) in [6.07, 6.45) is 0.926. The molecule has 1 fully saturated rings. The summed E-state index contributed by atoms with van der Waals surface area (Å²) in [7, 11) is 6.68. The molecule has 9 nitrogen and oxygen atoms in total. The van der Waals surface area contributed by atoms with E-state index in [0.29, 0.717) is 31.3 Å². The molecule has 0 aromatic heterocycles. The van der Waals surface area contributed by atoms with Crippen LogP contribution in [0.1, 0.15) is 17.5 Å². The van der Waals surface area contributed by atoms with Crippen LogP contribution in [0.15, 0.2) is 36.4 Å². The Labute approximate surface area is 205 Å². The Morgan fingerprint density at radius 2 is 1.71 bits per heavy atom. The molecule has 9 heteroatoms. The molecule has 2 atom stereocenters. The number of nitrogens with zero attached hydrogens (tertiary/aromatic N) is 1. The van der Waals surface area contributed by atoms with Crippen LogP contribution in [-0.4, -0.2) is 82.1 Å². The van der Waals surface area contributed by atoms with Gasteiger partial charge in [0.05, 0.1) is 45.6 Å². The first kappa shape index (κ1) is 26.5. The van der Waals surface area contributed by atoms with E-state index in [1.807, 2.05) is 48.3 Å². The molecular formula is C26H34N2O7. The van der Waals surface area contributed by atoms with Gasteiger partial charge in [0.25, 0.3) is 0 Å². The number of carboxylic acid groups (broad SMARTS) is 1. The van der Waals surface area contributed by atoms with Gasteiger partial charge in [0.1, 0.15) is 17.5 Å². The summed E-state index contributed by atoms with van der Waals surface area (Å²) < 4.78 is 21.9. The molecule has 1 aliphatic heterocycles. The van der Waals surface area contributed by atoms with E-state index in [2.05, 4.69) is 5.32 Å². The average molecular weight is 487 g/mol. The van der Waals surface area contributed by atoms with Gasteiger partial charge in [-0.05, 0) is 42.3 Å². The van der Waals surface area contributed by atoms with Crippen LogP contribution in [-0.2, 0) is 32.1 Å². The normalized spacial score (nSPS) is 16.3. The van der Waals surface area contributed by atoms with E-state index in [-0.39, 0.29) is 18.4 Å². The minimum Gasteiger partial charge on any atom is -0.496 e. The molecule has 1 amide bonds. The number of ether oxygens (including phenoxy) is 4. The molecule has 0 spiro atoms. The van der Waals surface area contributed by atoms with Gasteiger partial charge in [0.15, 0.2) is 0 Å². The fourth-order valence-corrected chi connectivity index (χ4v) is 4.03. The Kier molecular flexibility index (Phi) is 9.47. The van der Waals surface area contributed by atoms with Crippen LogP contribution in [0.5, 0.6) is 11.5 Å². The van der Waals surface area contributed by atoms with Crippen molar-refractivity contribution in [2.75, 3.05) is 48.1 Å². The van der Waals surface area contributed by atoms with Crippen LogP contribution in [0.25, 0.3) is 11.1 Å². The molecule has 0 bridgehead atoms. The fraction of sp³-hybridized carbons (Fsp3) is 0.462. The summed E-state index contributed by atoms with van der Waals surface area (Å²) in [5.74, 6) is -0.0231. The maximum Gasteiger partial charge on any atom is 0.326 e. The Bertz CT molecular complexity index is 984. The Hall–Kier alpha value is -3.14. The van der Waals surface area contributed by atoms with Crippen molar-refractivity contribution >= 4 is 11.9 Å². The Morgan fingerprint density at radius 3 is 2.20 bits per heavy atom. The van der Waals surface area contributed by atoms with Crippen molar-refractivity contribution in [3.05, 3.63) is 47.5 Å². The molecular weight excluding hydrogens is 452 g/mol. The fourth-order valence-electron chi connectivity index (χ4n) is 4.03. The number of amides is 1. The summed E-state index contributed by atoms with van der Waals surface area (Å²) in [4.78, 5) is 26.1.